The Morgan fingerprint density at radius 2 is 2.19 bits per heavy atom. The van der Waals surface area contributed by atoms with Gasteiger partial charge in [-0.25, -0.2) is 9.89 Å². The summed E-state index contributed by atoms with van der Waals surface area (Å²) in [6.45, 7) is 2.25. The Hall–Kier alpha value is -2.53. The molecule has 2 aromatic rings. The number of nitriles is 1. The van der Waals surface area contributed by atoms with Crippen LogP contribution in [0.4, 0.5) is 0 Å². The van der Waals surface area contributed by atoms with Crippen LogP contribution in [0.2, 0.25) is 0 Å². The molecule has 1 aromatic heterocycles. The summed E-state index contributed by atoms with van der Waals surface area (Å²) >= 11 is 1.19. The number of aryl methyl sites for hydroxylation is 1. The van der Waals surface area contributed by atoms with Crippen molar-refractivity contribution in [2.75, 3.05) is 5.75 Å². The molecule has 1 fully saturated rings. The van der Waals surface area contributed by atoms with E-state index in [1.165, 1.54) is 16.3 Å². The molecule has 0 saturated heterocycles. The minimum Gasteiger partial charge on any atom is -0.337 e. The summed E-state index contributed by atoms with van der Waals surface area (Å²) in [6, 6.07) is 12.1. The van der Waals surface area contributed by atoms with Crippen molar-refractivity contribution in [1.29, 1.82) is 5.26 Å². The largest absolute Gasteiger partial charge is 0.343 e. The second kappa shape index (κ2) is 7.79. The van der Waals surface area contributed by atoms with Crippen LogP contribution in [0.15, 0.2) is 40.3 Å². The van der Waals surface area contributed by atoms with Gasteiger partial charge in [-0.15, -0.1) is 5.10 Å². The summed E-state index contributed by atoms with van der Waals surface area (Å²) in [7, 11) is 0. The van der Waals surface area contributed by atoms with Gasteiger partial charge < -0.3 is 5.32 Å². The van der Waals surface area contributed by atoms with Gasteiger partial charge in [-0.3, -0.25) is 9.36 Å². The van der Waals surface area contributed by atoms with Crippen molar-refractivity contribution in [3.8, 4) is 6.07 Å². The van der Waals surface area contributed by atoms with Crippen molar-refractivity contribution in [2.24, 2.45) is 5.92 Å². The molecular weight excluding hydrogens is 350 g/mol. The first-order valence-corrected chi connectivity index (χ1v) is 9.54. The summed E-state index contributed by atoms with van der Waals surface area (Å²) < 4.78 is 1.54. The van der Waals surface area contributed by atoms with E-state index in [2.05, 4.69) is 21.6 Å². The molecule has 1 amide bonds. The lowest BCUT2D eigenvalue weighted by Gasteiger charge is -2.22. The van der Waals surface area contributed by atoms with E-state index in [1.54, 1.807) is 6.92 Å². The van der Waals surface area contributed by atoms with E-state index in [4.69, 9.17) is 0 Å². The highest BCUT2D eigenvalue weighted by Crippen LogP contribution is 2.39. The van der Waals surface area contributed by atoms with E-state index in [0.29, 0.717) is 18.1 Å². The minimum atomic E-state index is -0.809. The third kappa shape index (κ3) is 4.35. The van der Waals surface area contributed by atoms with Crippen molar-refractivity contribution < 1.29 is 4.79 Å². The Morgan fingerprint density at radius 1 is 1.46 bits per heavy atom. The van der Waals surface area contributed by atoms with E-state index in [1.807, 2.05) is 30.3 Å². The Balaban J connectivity index is 1.57. The molecular formula is C18H21N5O2S. The number of carbonyl (C=O) groups excluding carboxylic acids is 1. The number of rotatable bonds is 8. The van der Waals surface area contributed by atoms with E-state index < -0.39 is 5.54 Å². The highest BCUT2D eigenvalue weighted by atomic mass is 32.2. The van der Waals surface area contributed by atoms with E-state index in [0.717, 1.165) is 18.4 Å². The summed E-state index contributed by atoms with van der Waals surface area (Å²) in [6.07, 6.45) is 2.64. The third-order valence-corrected chi connectivity index (χ3v) is 5.52. The third-order valence-electron chi connectivity index (χ3n) is 4.55. The van der Waals surface area contributed by atoms with Crippen LogP contribution >= 0.6 is 11.8 Å². The summed E-state index contributed by atoms with van der Waals surface area (Å²) in [5.41, 5.74) is 0.0307. The Morgan fingerprint density at radius 3 is 2.85 bits per heavy atom. The number of nitrogens with zero attached hydrogens (tertiary/aromatic N) is 3. The van der Waals surface area contributed by atoms with Crippen LogP contribution in [0.3, 0.4) is 0 Å². The molecule has 136 valence electrons. The van der Waals surface area contributed by atoms with Gasteiger partial charge in [-0.1, -0.05) is 42.1 Å². The number of hydrogen-bond acceptors (Lipinski definition) is 5. The maximum atomic E-state index is 12.2. The maximum absolute atomic E-state index is 12.2. The van der Waals surface area contributed by atoms with Gasteiger partial charge in [-0.05, 0) is 37.7 Å². The van der Waals surface area contributed by atoms with Crippen LogP contribution in [0.1, 0.15) is 25.3 Å². The zero-order valence-electron chi connectivity index (χ0n) is 14.6. The lowest BCUT2D eigenvalue weighted by atomic mass is 9.98. The number of thioether (sulfide) groups is 1. The second-order valence-electron chi connectivity index (χ2n) is 6.62. The maximum Gasteiger partial charge on any atom is 0.343 e. The lowest BCUT2D eigenvalue weighted by Crippen LogP contribution is -2.47. The molecule has 2 N–H and O–H groups in total. The number of hydrogen-bond donors (Lipinski definition) is 2. The van der Waals surface area contributed by atoms with Crippen molar-refractivity contribution in [3.05, 3.63) is 46.4 Å². The van der Waals surface area contributed by atoms with Gasteiger partial charge in [0.25, 0.3) is 0 Å². The van der Waals surface area contributed by atoms with Crippen LogP contribution in [0.25, 0.3) is 0 Å². The predicted molar refractivity (Wildman–Crippen MR) is 98.6 cm³/mol. The molecule has 1 heterocycles. The van der Waals surface area contributed by atoms with Gasteiger partial charge in [-0.2, -0.15) is 5.26 Å². The molecule has 26 heavy (non-hydrogen) atoms. The molecule has 7 nitrogen and oxygen atoms in total. The second-order valence-corrected chi connectivity index (χ2v) is 7.57. The normalized spacial score (nSPS) is 15.8. The molecule has 0 aliphatic heterocycles. The van der Waals surface area contributed by atoms with Crippen LogP contribution in [0, 0.1) is 17.2 Å². The van der Waals surface area contributed by atoms with E-state index in [-0.39, 0.29) is 23.3 Å². The number of carbonyl (C=O) groups is 1. The molecule has 1 aliphatic rings. The zero-order valence-corrected chi connectivity index (χ0v) is 15.4. The number of nitrogens with one attached hydrogen (secondary N) is 2. The Bertz CT molecular complexity index is 866. The van der Waals surface area contributed by atoms with Gasteiger partial charge in [0.05, 0.1) is 11.8 Å². The standard InChI is InChI=1S/C18H21N5O2S/c1-18(12-19,14-7-8-14)20-15(24)11-26-17-22-21-16(25)23(17)10-9-13-5-3-2-4-6-13/h2-6,14H,7-11H2,1H3,(H,20,24)(H,21,25)/t18-/m1/s1. The molecule has 1 saturated carbocycles. The summed E-state index contributed by atoms with van der Waals surface area (Å²) in [5.74, 6) is 0.117. The average molecular weight is 371 g/mol. The molecule has 1 atom stereocenters. The van der Waals surface area contributed by atoms with Crippen LogP contribution < -0.4 is 11.0 Å². The summed E-state index contributed by atoms with van der Waals surface area (Å²) in [5, 5.41) is 19.1. The topological polar surface area (TPSA) is 104 Å². The molecule has 0 unspecified atom stereocenters. The molecule has 1 aliphatic carbocycles. The van der Waals surface area contributed by atoms with Crippen molar-refractivity contribution in [1.82, 2.24) is 20.1 Å². The number of aromatic amines is 1. The van der Waals surface area contributed by atoms with Crippen molar-refractivity contribution >= 4 is 17.7 Å². The number of aromatic nitrogens is 3. The van der Waals surface area contributed by atoms with E-state index in [9.17, 15) is 14.9 Å². The first kappa shape index (κ1) is 18.3. The summed E-state index contributed by atoms with van der Waals surface area (Å²) in [4.78, 5) is 24.2. The smallest absolute Gasteiger partial charge is 0.337 e. The molecule has 3 rings (SSSR count). The van der Waals surface area contributed by atoms with Gasteiger partial charge in [0.15, 0.2) is 5.16 Å². The fraction of sp³-hybridized carbons (Fsp3) is 0.444. The van der Waals surface area contributed by atoms with Crippen LogP contribution in [-0.4, -0.2) is 32.0 Å². The zero-order chi connectivity index (χ0) is 18.6. The molecule has 0 bridgehead atoms. The van der Waals surface area contributed by atoms with Gasteiger partial charge in [0, 0.05) is 6.54 Å². The van der Waals surface area contributed by atoms with Crippen molar-refractivity contribution in [3.63, 3.8) is 0 Å². The molecule has 8 heteroatoms. The average Bonchev–Trinajstić information content (AvgIpc) is 3.44. The highest BCUT2D eigenvalue weighted by molar-refractivity contribution is 7.99. The fourth-order valence-electron chi connectivity index (χ4n) is 2.83. The lowest BCUT2D eigenvalue weighted by molar-refractivity contribution is -0.119. The fourth-order valence-corrected chi connectivity index (χ4v) is 3.61. The van der Waals surface area contributed by atoms with E-state index >= 15 is 0 Å². The van der Waals surface area contributed by atoms with Gasteiger partial charge in [0.1, 0.15) is 5.54 Å². The highest BCUT2D eigenvalue weighted by Gasteiger charge is 2.42. The first-order valence-electron chi connectivity index (χ1n) is 8.56. The number of amides is 1. The molecule has 0 spiro atoms. The van der Waals surface area contributed by atoms with Crippen molar-refractivity contribution in [2.45, 2.75) is 43.4 Å². The Labute approximate surface area is 155 Å². The number of benzene rings is 1. The van der Waals surface area contributed by atoms with Gasteiger partial charge >= 0.3 is 5.69 Å². The first-order chi connectivity index (χ1) is 12.5. The monoisotopic (exact) mass is 371 g/mol. The predicted octanol–water partition coefficient (Wildman–Crippen LogP) is 1.71. The van der Waals surface area contributed by atoms with Crippen LogP contribution in [0.5, 0.6) is 0 Å². The Kier molecular flexibility index (Phi) is 5.47. The van der Waals surface area contributed by atoms with Gasteiger partial charge in [0.2, 0.25) is 5.91 Å². The molecule has 1 aromatic carbocycles. The quantitative estimate of drug-likeness (QED) is 0.688. The number of H-pyrrole nitrogens is 1. The minimum absolute atomic E-state index is 0.111. The molecule has 0 radical (unpaired) electrons. The SMILES string of the molecule is C[C@](C#N)(NC(=O)CSc1n[nH]c(=O)n1CCc1ccccc1)C1CC1. The van der Waals surface area contributed by atoms with Crippen LogP contribution in [-0.2, 0) is 17.8 Å².